The largest absolute Gasteiger partial charge is 0.477 e. The van der Waals surface area contributed by atoms with Crippen LogP contribution in [0.3, 0.4) is 0 Å². The van der Waals surface area contributed by atoms with Gasteiger partial charge in [0.15, 0.2) is 0 Å². The average Bonchev–Trinajstić information content (AvgIpc) is 2.85. The maximum absolute atomic E-state index is 11.0. The fourth-order valence-corrected chi connectivity index (χ4v) is 2.41. The lowest BCUT2D eigenvalue weighted by molar-refractivity contribution is 0.0207. The third kappa shape index (κ3) is 2.70. The maximum atomic E-state index is 11.0. The van der Waals surface area contributed by atoms with Crippen LogP contribution < -0.4 is 0 Å². The van der Waals surface area contributed by atoms with Crippen LogP contribution in [0.5, 0.6) is 0 Å². The standard InChI is InChI=1S/C12H19N3O3/c1-12(2,18)9-3-4-15(7-9)6-8-5-13-14-10(8)11(16)17/h5,9,18H,3-4,6-7H2,1-2H3,(H,13,14)(H,16,17)/t9-/m0/s1. The topological polar surface area (TPSA) is 89.5 Å². The number of aliphatic hydroxyl groups is 1. The van der Waals surface area contributed by atoms with Crippen molar-refractivity contribution in [2.45, 2.75) is 32.4 Å². The fourth-order valence-electron chi connectivity index (χ4n) is 2.41. The number of nitrogens with one attached hydrogen (secondary N) is 1. The van der Waals surface area contributed by atoms with Crippen LogP contribution in [0.4, 0.5) is 0 Å². The molecule has 6 heteroatoms. The Hall–Kier alpha value is -1.40. The van der Waals surface area contributed by atoms with Crippen LogP contribution in [-0.2, 0) is 6.54 Å². The van der Waals surface area contributed by atoms with Crippen molar-refractivity contribution in [3.8, 4) is 0 Å². The molecule has 2 heterocycles. The number of aromatic nitrogens is 2. The second kappa shape index (κ2) is 4.70. The van der Waals surface area contributed by atoms with Crippen molar-refractivity contribution in [1.29, 1.82) is 0 Å². The highest BCUT2D eigenvalue weighted by atomic mass is 16.4. The molecule has 100 valence electrons. The summed E-state index contributed by atoms with van der Waals surface area (Å²) in [6, 6.07) is 0. The molecule has 1 fully saturated rings. The van der Waals surface area contributed by atoms with E-state index in [0.717, 1.165) is 19.5 Å². The van der Waals surface area contributed by atoms with Gasteiger partial charge in [-0.25, -0.2) is 4.79 Å². The van der Waals surface area contributed by atoms with Crippen LogP contribution >= 0.6 is 0 Å². The molecule has 1 atom stereocenters. The molecule has 0 aromatic carbocycles. The highest BCUT2D eigenvalue weighted by molar-refractivity contribution is 5.86. The van der Waals surface area contributed by atoms with Gasteiger partial charge >= 0.3 is 5.97 Å². The van der Waals surface area contributed by atoms with Crippen molar-refractivity contribution in [2.75, 3.05) is 13.1 Å². The van der Waals surface area contributed by atoms with E-state index in [2.05, 4.69) is 15.1 Å². The summed E-state index contributed by atoms with van der Waals surface area (Å²) in [5.41, 5.74) is 0.168. The minimum absolute atomic E-state index is 0.154. The molecule has 1 aromatic rings. The predicted molar refractivity (Wildman–Crippen MR) is 65.2 cm³/mol. The van der Waals surface area contributed by atoms with Crippen molar-refractivity contribution in [2.24, 2.45) is 5.92 Å². The van der Waals surface area contributed by atoms with E-state index in [0.29, 0.717) is 12.1 Å². The number of likely N-dealkylation sites (tertiary alicyclic amines) is 1. The van der Waals surface area contributed by atoms with Gasteiger partial charge in [0.1, 0.15) is 5.69 Å². The van der Waals surface area contributed by atoms with Crippen molar-refractivity contribution < 1.29 is 15.0 Å². The van der Waals surface area contributed by atoms with Crippen molar-refractivity contribution >= 4 is 5.97 Å². The molecule has 0 amide bonds. The highest BCUT2D eigenvalue weighted by Crippen LogP contribution is 2.28. The Bertz CT molecular complexity index is 436. The van der Waals surface area contributed by atoms with Gasteiger partial charge in [0, 0.05) is 24.6 Å². The lowest BCUT2D eigenvalue weighted by Gasteiger charge is -2.25. The zero-order valence-electron chi connectivity index (χ0n) is 10.7. The van der Waals surface area contributed by atoms with Crippen LogP contribution in [0.2, 0.25) is 0 Å². The molecule has 0 saturated carbocycles. The smallest absolute Gasteiger partial charge is 0.354 e. The van der Waals surface area contributed by atoms with Gasteiger partial charge in [-0.15, -0.1) is 0 Å². The van der Waals surface area contributed by atoms with Crippen molar-refractivity contribution in [3.63, 3.8) is 0 Å². The number of hydrogen-bond donors (Lipinski definition) is 3. The molecule has 0 unspecified atom stereocenters. The van der Waals surface area contributed by atoms with Gasteiger partial charge in [-0.05, 0) is 26.8 Å². The molecule has 2 rings (SSSR count). The Morgan fingerprint density at radius 3 is 2.94 bits per heavy atom. The third-order valence-corrected chi connectivity index (χ3v) is 3.60. The molecule has 6 nitrogen and oxygen atoms in total. The van der Waals surface area contributed by atoms with Gasteiger partial charge in [-0.1, -0.05) is 0 Å². The summed E-state index contributed by atoms with van der Waals surface area (Å²) >= 11 is 0. The number of nitrogens with zero attached hydrogens (tertiary/aromatic N) is 2. The minimum atomic E-state index is -0.985. The van der Waals surface area contributed by atoms with E-state index in [-0.39, 0.29) is 11.6 Å². The molecular weight excluding hydrogens is 234 g/mol. The highest BCUT2D eigenvalue weighted by Gasteiger charge is 2.33. The fraction of sp³-hybridized carbons (Fsp3) is 0.667. The molecule has 1 aliphatic rings. The van der Waals surface area contributed by atoms with Crippen molar-refractivity contribution in [3.05, 3.63) is 17.5 Å². The van der Waals surface area contributed by atoms with E-state index in [1.807, 2.05) is 13.8 Å². The Balaban J connectivity index is 2.00. The lowest BCUT2D eigenvalue weighted by Crippen LogP contribution is -2.33. The molecule has 3 N–H and O–H groups in total. The summed E-state index contributed by atoms with van der Waals surface area (Å²) in [5.74, 6) is -0.751. The first-order valence-corrected chi connectivity index (χ1v) is 6.08. The number of aromatic carboxylic acids is 1. The molecule has 0 radical (unpaired) electrons. The van der Waals surface area contributed by atoms with E-state index < -0.39 is 11.6 Å². The average molecular weight is 253 g/mol. The minimum Gasteiger partial charge on any atom is -0.477 e. The first-order valence-electron chi connectivity index (χ1n) is 6.08. The van der Waals surface area contributed by atoms with Gasteiger partial charge in [0.25, 0.3) is 0 Å². The van der Waals surface area contributed by atoms with Crippen LogP contribution in [0.15, 0.2) is 6.20 Å². The van der Waals surface area contributed by atoms with E-state index in [1.165, 1.54) is 0 Å². The third-order valence-electron chi connectivity index (χ3n) is 3.60. The Morgan fingerprint density at radius 2 is 2.39 bits per heavy atom. The van der Waals surface area contributed by atoms with Gasteiger partial charge in [-0.3, -0.25) is 10.00 Å². The van der Waals surface area contributed by atoms with E-state index in [4.69, 9.17) is 5.11 Å². The van der Waals surface area contributed by atoms with Gasteiger partial charge in [0.2, 0.25) is 0 Å². The van der Waals surface area contributed by atoms with E-state index in [1.54, 1.807) is 6.20 Å². The Labute approximate surface area is 106 Å². The monoisotopic (exact) mass is 253 g/mol. The van der Waals surface area contributed by atoms with Crippen LogP contribution in [-0.4, -0.2) is 50.0 Å². The summed E-state index contributed by atoms with van der Waals surface area (Å²) < 4.78 is 0. The van der Waals surface area contributed by atoms with Crippen LogP contribution in [0.1, 0.15) is 36.3 Å². The SMILES string of the molecule is CC(C)(O)[C@H]1CCN(Cc2cn[nH]c2C(=O)O)C1. The van der Waals surface area contributed by atoms with Gasteiger partial charge in [0.05, 0.1) is 11.8 Å². The molecule has 0 spiro atoms. The first kappa shape index (κ1) is 13.0. The second-order valence-electron chi connectivity index (χ2n) is 5.45. The van der Waals surface area contributed by atoms with Gasteiger partial charge < -0.3 is 10.2 Å². The zero-order valence-corrected chi connectivity index (χ0v) is 10.7. The number of hydrogen-bond acceptors (Lipinski definition) is 4. The molecule has 1 aromatic heterocycles. The Kier molecular flexibility index (Phi) is 3.41. The summed E-state index contributed by atoms with van der Waals surface area (Å²) in [6.07, 6.45) is 2.49. The quantitative estimate of drug-likeness (QED) is 0.735. The van der Waals surface area contributed by atoms with Crippen LogP contribution in [0.25, 0.3) is 0 Å². The predicted octanol–water partition coefficient (Wildman–Crippen LogP) is 0.701. The number of carboxylic acid groups (broad SMARTS) is 1. The Morgan fingerprint density at radius 1 is 1.67 bits per heavy atom. The van der Waals surface area contributed by atoms with Crippen LogP contribution in [0, 0.1) is 5.92 Å². The number of carbonyl (C=O) groups is 1. The molecule has 1 aliphatic heterocycles. The molecule has 1 saturated heterocycles. The summed E-state index contributed by atoms with van der Waals surface area (Å²) in [7, 11) is 0. The lowest BCUT2D eigenvalue weighted by atomic mass is 9.90. The normalized spacial score (nSPS) is 21.4. The molecule has 18 heavy (non-hydrogen) atoms. The molecule has 0 bridgehead atoms. The summed E-state index contributed by atoms with van der Waals surface area (Å²) in [5, 5.41) is 25.2. The van der Waals surface area contributed by atoms with Crippen molar-refractivity contribution in [1.82, 2.24) is 15.1 Å². The molecule has 0 aliphatic carbocycles. The number of H-pyrrole nitrogens is 1. The molecular formula is C12H19N3O3. The number of aromatic amines is 1. The van der Waals surface area contributed by atoms with E-state index in [9.17, 15) is 9.90 Å². The van der Waals surface area contributed by atoms with Gasteiger partial charge in [-0.2, -0.15) is 5.10 Å². The number of carboxylic acids is 1. The second-order valence-corrected chi connectivity index (χ2v) is 5.45. The number of rotatable bonds is 4. The van der Waals surface area contributed by atoms with E-state index >= 15 is 0 Å². The summed E-state index contributed by atoms with van der Waals surface area (Å²) in [6.45, 7) is 5.86. The first-order chi connectivity index (χ1) is 8.38. The zero-order chi connectivity index (χ0) is 13.3. The maximum Gasteiger partial charge on any atom is 0.354 e. The summed E-state index contributed by atoms with van der Waals surface area (Å²) in [4.78, 5) is 13.1.